The second kappa shape index (κ2) is 11.5. The Morgan fingerprint density at radius 2 is 1.57 bits per heavy atom. The molecular formula is C24H32ClN3O2. The summed E-state index contributed by atoms with van der Waals surface area (Å²) < 4.78 is 6.34. The van der Waals surface area contributed by atoms with Crippen LogP contribution in [0, 0.1) is 0 Å². The molecule has 1 unspecified atom stereocenters. The van der Waals surface area contributed by atoms with E-state index in [-0.39, 0.29) is 30.5 Å². The number of carbonyl (C=O) groups excluding carboxylic acids is 1. The van der Waals surface area contributed by atoms with E-state index in [9.17, 15) is 4.79 Å². The third kappa shape index (κ3) is 5.82. The van der Waals surface area contributed by atoms with Crippen molar-refractivity contribution in [3.8, 4) is 0 Å². The predicted molar refractivity (Wildman–Crippen MR) is 122 cm³/mol. The molecule has 0 bridgehead atoms. The Morgan fingerprint density at radius 3 is 2.10 bits per heavy atom. The Morgan fingerprint density at radius 1 is 0.967 bits per heavy atom. The molecule has 0 aromatic heterocycles. The summed E-state index contributed by atoms with van der Waals surface area (Å²) in [5, 5.41) is 3.32. The molecule has 30 heavy (non-hydrogen) atoms. The Bertz CT molecular complexity index is 721. The Kier molecular flexibility index (Phi) is 8.70. The van der Waals surface area contributed by atoms with Gasteiger partial charge in [-0.25, -0.2) is 0 Å². The van der Waals surface area contributed by atoms with Crippen LogP contribution in [0.3, 0.4) is 0 Å². The summed E-state index contributed by atoms with van der Waals surface area (Å²) in [6.45, 7) is 6.01. The second-order valence-electron chi connectivity index (χ2n) is 7.89. The lowest BCUT2D eigenvalue weighted by Gasteiger charge is -2.36. The molecule has 2 aromatic carbocycles. The summed E-state index contributed by atoms with van der Waals surface area (Å²) in [6.07, 6.45) is 2.04. The van der Waals surface area contributed by atoms with E-state index < -0.39 is 0 Å². The van der Waals surface area contributed by atoms with Gasteiger partial charge in [-0.3, -0.25) is 9.69 Å². The molecule has 2 saturated heterocycles. The lowest BCUT2D eigenvalue weighted by Crippen LogP contribution is -2.53. The molecule has 6 heteroatoms. The highest BCUT2D eigenvalue weighted by Crippen LogP contribution is 2.25. The summed E-state index contributed by atoms with van der Waals surface area (Å²) in [5.74, 6) is 0.284. The third-order valence-corrected chi connectivity index (χ3v) is 5.94. The van der Waals surface area contributed by atoms with Crippen LogP contribution < -0.4 is 5.32 Å². The molecule has 2 aliphatic heterocycles. The van der Waals surface area contributed by atoms with Crippen molar-refractivity contribution in [1.82, 2.24) is 15.1 Å². The van der Waals surface area contributed by atoms with E-state index in [0.29, 0.717) is 6.61 Å². The van der Waals surface area contributed by atoms with Gasteiger partial charge in [0.2, 0.25) is 5.91 Å². The highest BCUT2D eigenvalue weighted by Gasteiger charge is 2.29. The van der Waals surface area contributed by atoms with Crippen LogP contribution >= 0.6 is 12.4 Å². The molecule has 1 atom stereocenters. The van der Waals surface area contributed by atoms with E-state index >= 15 is 0 Å². The van der Waals surface area contributed by atoms with Crippen molar-refractivity contribution in [3.63, 3.8) is 0 Å². The first kappa shape index (κ1) is 22.8. The molecular weight excluding hydrogens is 398 g/mol. The molecule has 0 saturated carbocycles. The summed E-state index contributed by atoms with van der Waals surface area (Å²) in [5.41, 5.74) is 2.36. The highest BCUT2D eigenvalue weighted by molar-refractivity contribution is 5.85. The summed E-state index contributed by atoms with van der Waals surface area (Å²) in [6, 6.07) is 20.8. The SMILES string of the molecule is Cl.O=C(C1CCCN1)N1CCN(CCOC(c2ccccc2)c2ccccc2)CC1. The maximum Gasteiger partial charge on any atom is 0.239 e. The number of hydrogen-bond acceptors (Lipinski definition) is 4. The number of carbonyl (C=O) groups is 1. The summed E-state index contributed by atoms with van der Waals surface area (Å²) in [7, 11) is 0. The molecule has 0 aliphatic carbocycles. The fourth-order valence-corrected chi connectivity index (χ4v) is 4.25. The van der Waals surface area contributed by atoms with Crippen molar-refractivity contribution >= 4 is 18.3 Å². The average molecular weight is 430 g/mol. The molecule has 0 radical (unpaired) electrons. The van der Waals surface area contributed by atoms with E-state index in [1.807, 2.05) is 17.0 Å². The quantitative estimate of drug-likeness (QED) is 0.734. The van der Waals surface area contributed by atoms with Gasteiger partial charge in [0, 0.05) is 32.7 Å². The van der Waals surface area contributed by atoms with Crippen molar-refractivity contribution in [2.75, 3.05) is 45.9 Å². The van der Waals surface area contributed by atoms with Gasteiger partial charge in [0.25, 0.3) is 0 Å². The molecule has 2 fully saturated rings. The first-order valence-corrected chi connectivity index (χ1v) is 10.8. The number of ether oxygens (including phenoxy) is 1. The normalized spacial score (nSPS) is 19.6. The van der Waals surface area contributed by atoms with E-state index in [4.69, 9.17) is 4.74 Å². The van der Waals surface area contributed by atoms with Gasteiger partial charge in [-0.15, -0.1) is 12.4 Å². The first-order valence-electron chi connectivity index (χ1n) is 10.8. The summed E-state index contributed by atoms with van der Waals surface area (Å²) in [4.78, 5) is 17.0. The van der Waals surface area contributed by atoms with Crippen LogP contribution in [0.25, 0.3) is 0 Å². The molecule has 1 N–H and O–H groups in total. The molecule has 0 spiro atoms. The van der Waals surface area contributed by atoms with Gasteiger partial charge in [-0.2, -0.15) is 0 Å². The van der Waals surface area contributed by atoms with E-state index in [1.54, 1.807) is 0 Å². The number of hydrogen-bond donors (Lipinski definition) is 1. The zero-order chi connectivity index (χ0) is 19.9. The van der Waals surface area contributed by atoms with Crippen LogP contribution in [0.2, 0.25) is 0 Å². The molecule has 162 valence electrons. The smallest absolute Gasteiger partial charge is 0.239 e. The number of piperazine rings is 1. The van der Waals surface area contributed by atoms with Crippen LogP contribution in [0.5, 0.6) is 0 Å². The van der Waals surface area contributed by atoms with Gasteiger partial charge in [0.15, 0.2) is 0 Å². The van der Waals surface area contributed by atoms with Crippen LogP contribution in [-0.2, 0) is 9.53 Å². The zero-order valence-corrected chi connectivity index (χ0v) is 18.2. The van der Waals surface area contributed by atoms with Crippen molar-refractivity contribution in [2.24, 2.45) is 0 Å². The minimum Gasteiger partial charge on any atom is -0.367 e. The van der Waals surface area contributed by atoms with E-state index in [1.165, 1.54) is 11.1 Å². The van der Waals surface area contributed by atoms with Gasteiger partial charge in [0.1, 0.15) is 6.10 Å². The van der Waals surface area contributed by atoms with Gasteiger partial charge in [-0.1, -0.05) is 60.7 Å². The lowest BCUT2D eigenvalue weighted by atomic mass is 10.0. The summed E-state index contributed by atoms with van der Waals surface area (Å²) >= 11 is 0. The largest absolute Gasteiger partial charge is 0.367 e. The van der Waals surface area contributed by atoms with Gasteiger partial charge < -0.3 is 15.0 Å². The number of nitrogens with one attached hydrogen (secondary N) is 1. The Balaban J connectivity index is 0.00000256. The first-order chi connectivity index (χ1) is 14.3. The standard InChI is InChI=1S/C24H31N3O2.ClH/c28-24(22-12-7-13-25-22)27-16-14-26(15-17-27)18-19-29-23(20-8-3-1-4-9-20)21-10-5-2-6-11-21;/h1-6,8-11,22-23,25H,7,12-19H2;1H. The highest BCUT2D eigenvalue weighted by atomic mass is 35.5. The fraction of sp³-hybridized carbons (Fsp3) is 0.458. The van der Waals surface area contributed by atoms with Crippen LogP contribution in [0.15, 0.2) is 60.7 Å². The van der Waals surface area contributed by atoms with Crippen LogP contribution in [0.1, 0.15) is 30.1 Å². The van der Waals surface area contributed by atoms with Gasteiger partial charge in [-0.05, 0) is 30.5 Å². The topological polar surface area (TPSA) is 44.8 Å². The van der Waals surface area contributed by atoms with Crippen molar-refractivity contribution in [1.29, 1.82) is 0 Å². The molecule has 4 rings (SSSR count). The molecule has 2 heterocycles. The van der Waals surface area contributed by atoms with Crippen molar-refractivity contribution < 1.29 is 9.53 Å². The zero-order valence-electron chi connectivity index (χ0n) is 17.4. The predicted octanol–water partition coefficient (Wildman–Crippen LogP) is 3.11. The van der Waals surface area contributed by atoms with Crippen molar-refractivity contribution in [2.45, 2.75) is 25.0 Å². The van der Waals surface area contributed by atoms with Gasteiger partial charge >= 0.3 is 0 Å². The monoisotopic (exact) mass is 429 g/mol. The minimum atomic E-state index is -0.0475. The van der Waals surface area contributed by atoms with Crippen LogP contribution in [0.4, 0.5) is 0 Å². The van der Waals surface area contributed by atoms with E-state index in [0.717, 1.165) is 52.1 Å². The van der Waals surface area contributed by atoms with E-state index in [2.05, 4.69) is 58.7 Å². The number of amides is 1. The average Bonchev–Trinajstić information content (AvgIpc) is 3.33. The van der Waals surface area contributed by atoms with Gasteiger partial charge in [0.05, 0.1) is 12.6 Å². The third-order valence-electron chi connectivity index (χ3n) is 5.94. The maximum absolute atomic E-state index is 12.5. The molecule has 2 aromatic rings. The molecule has 1 amide bonds. The van der Waals surface area contributed by atoms with Crippen molar-refractivity contribution in [3.05, 3.63) is 71.8 Å². The number of halogens is 1. The second-order valence-corrected chi connectivity index (χ2v) is 7.89. The Hall–Kier alpha value is -1.92. The molecule has 2 aliphatic rings. The number of nitrogens with zero attached hydrogens (tertiary/aromatic N) is 2. The fourth-order valence-electron chi connectivity index (χ4n) is 4.25. The number of rotatable bonds is 7. The minimum absolute atomic E-state index is 0. The molecule has 5 nitrogen and oxygen atoms in total. The maximum atomic E-state index is 12.5. The van der Waals surface area contributed by atoms with Crippen LogP contribution in [-0.4, -0.2) is 67.6 Å². The Labute approximate surface area is 185 Å². The number of benzene rings is 2. The lowest BCUT2D eigenvalue weighted by molar-refractivity contribution is -0.134.